The monoisotopic (exact) mass is 810 g/mol. The average molecular weight is 811 g/mol. The molecule has 3 heterocycles. The van der Waals surface area contributed by atoms with E-state index >= 15 is 0 Å². The molecule has 57 heavy (non-hydrogen) atoms. The van der Waals surface area contributed by atoms with Crippen LogP contribution in [0.3, 0.4) is 0 Å². The van der Waals surface area contributed by atoms with Gasteiger partial charge in [0.15, 0.2) is 18.9 Å². The molecule has 8 aliphatic rings. The van der Waals surface area contributed by atoms with E-state index in [1.54, 1.807) is 7.11 Å². The molecule has 326 valence electrons. The van der Waals surface area contributed by atoms with Crippen molar-refractivity contribution >= 4 is 0 Å². The first-order valence-corrected chi connectivity index (χ1v) is 21.6. The Bertz CT molecular complexity index is 1510. The molecule has 23 atom stereocenters. The fraction of sp³-hybridized carbons (Fsp3) is 0.953. The SMILES string of the molecule is CO[C@@H]1O[C@H](C=C(C)C)[C@H](O)[C@@H]1[C@H]1CC[C@@]2(C)[C@@H]3CC[C@H]4[C@@](C)(CO)[C@@H](O[C@@H]5O[C@H](CO)[C@@H](O)[C@H](O)[C@H]5O[C@@H]5O[C@@H](C)[C@H](O)[C@@H](O)[C@H]5O)CC[C@@]45C[C@@]35CC[C@]12C. The second kappa shape index (κ2) is 14.9. The van der Waals surface area contributed by atoms with Crippen molar-refractivity contribution < 1.29 is 69.3 Å². The van der Waals surface area contributed by atoms with Gasteiger partial charge in [-0.15, -0.1) is 0 Å². The van der Waals surface area contributed by atoms with Crippen molar-refractivity contribution in [1.82, 2.24) is 0 Å². The van der Waals surface area contributed by atoms with Gasteiger partial charge in [-0.3, -0.25) is 0 Å². The summed E-state index contributed by atoms with van der Waals surface area (Å²) in [5.74, 6) is 0.794. The van der Waals surface area contributed by atoms with E-state index in [0.717, 1.165) is 56.9 Å². The van der Waals surface area contributed by atoms with Crippen LogP contribution in [0.5, 0.6) is 0 Å². The number of fused-ring (bicyclic) bond motifs is 2. The van der Waals surface area contributed by atoms with Crippen LogP contribution in [0.4, 0.5) is 0 Å². The summed E-state index contributed by atoms with van der Waals surface area (Å²) in [6.45, 7) is 11.9. The maximum absolute atomic E-state index is 11.7. The standard InChI is InChI=1S/C43H70O14/c1-20(2)16-23-30(47)28(36(52-7)54-23)22-10-12-41(6)26-9-8-25-39(4,19-45)27(11-13-42(25)18-43(26,42)15-14-40(22,41)5)56-38-35(33(50)31(48)24(17-44)55-38)57-37-34(51)32(49)29(46)21(3)53-37/h16,21-38,44-51H,8-15,17-19H2,1-7H3/t21-,22+,23+,24+,25-,26-,27-,28-,29-,30-,31+,32+,33-,34+,35+,36+,37-,38-,39+,40+,41-,42+,43-/m0/s1. The molecular formula is C43H70O14. The van der Waals surface area contributed by atoms with Gasteiger partial charge in [-0.25, -0.2) is 0 Å². The predicted molar refractivity (Wildman–Crippen MR) is 203 cm³/mol. The summed E-state index contributed by atoms with van der Waals surface area (Å²) in [4.78, 5) is 0. The summed E-state index contributed by atoms with van der Waals surface area (Å²) in [5, 5.41) is 86.8. The lowest BCUT2D eigenvalue weighted by molar-refractivity contribution is -0.376. The Morgan fingerprint density at radius 2 is 1.39 bits per heavy atom. The van der Waals surface area contributed by atoms with E-state index in [2.05, 4.69) is 20.8 Å². The molecule has 0 unspecified atom stereocenters. The molecule has 0 amide bonds. The highest BCUT2D eigenvalue weighted by Crippen LogP contribution is 2.89. The van der Waals surface area contributed by atoms with E-state index in [1.165, 1.54) is 6.92 Å². The third-order valence-corrected chi connectivity index (χ3v) is 18.0. The van der Waals surface area contributed by atoms with Gasteiger partial charge >= 0.3 is 0 Å². The summed E-state index contributed by atoms with van der Waals surface area (Å²) in [6, 6.07) is 0. The minimum absolute atomic E-state index is 0.00465. The fourth-order valence-corrected chi connectivity index (χ4v) is 14.8. The molecule has 2 spiro atoms. The highest BCUT2D eigenvalue weighted by Gasteiger charge is 2.83. The van der Waals surface area contributed by atoms with Crippen molar-refractivity contribution in [3.05, 3.63) is 11.6 Å². The van der Waals surface area contributed by atoms with Crippen LogP contribution in [0.2, 0.25) is 0 Å². The van der Waals surface area contributed by atoms with Crippen molar-refractivity contribution in [2.75, 3.05) is 20.3 Å². The molecule has 3 saturated heterocycles. The fourth-order valence-electron chi connectivity index (χ4n) is 14.8. The Morgan fingerprint density at radius 1 is 0.684 bits per heavy atom. The minimum atomic E-state index is -1.66. The van der Waals surface area contributed by atoms with E-state index in [-0.39, 0.29) is 52.1 Å². The smallest absolute Gasteiger partial charge is 0.187 e. The number of allylic oxidation sites excluding steroid dienone is 1. The van der Waals surface area contributed by atoms with Gasteiger partial charge in [0.05, 0.1) is 31.5 Å². The molecule has 3 aliphatic heterocycles. The summed E-state index contributed by atoms with van der Waals surface area (Å²) >= 11 is 0. The molecule has 0 bridgehead atoms. The molecule has 5 aliphatic carbocycles. The minimum Gasteiger partial charge on any atom is -0.396 e. The average Bonchev–Trinajstić information content (AvgIpc) is 3.65. The number of hydrogen-bond acceptors (Lipinski definition) is 14. The van der Waals surface area contributed by atoms with Gasteiger partial charge in [-0.1, -0.05) is 32.4 Å². The van der Waals surface area contributed by atoms with Gasteiger partial charge in [0, 0.05) is 18.4 Å². The Kier molecular flexibility index (Phi) is 11.2. The first kappa shape index (κ1) is 42.9. The van der Waals surface area contributed by atoms with Crippen molar-refractivity contribution in [1.29, 1.82) is 0 Å². The van der Waals surface area contributed by atoms with Crippen molar-refractivity contribution in [3.63, 3.8) is 0 Å². The molecule has 8 fully saturated rings. The quantitative estimate of drug-likeness (QED) is 0.123. The third kappa shape index (κ3) is 6.08. The van der Waals surface area contributed by atoms with Crippen molar-refractivity contribution in [2.45, 2.75) is 185 Å². The predicted octanol–water partition coefficient (Wildman–Crippen LogP) is 1.75. The lowest BCUT2D eigenvalue weighted by Gasteiger charge is -2.64. The number of aliphatic hydroxyl groups excluding tert-OH is 8. The van der Waals surface area contributed by atoms with Crippen LogP contribution >= 0.6 is 0 Å². The molecule has 5 saturated carbocycles. The number of hydrogen-bond donors (Lipinski definition) is 8. The van der Waals surface area contributed by atoms with E-state index in [4.69, 9.17) is 28.4 Å². The zero-order valence-corrected chi connectivity index (χ0v) is 34.8. The Balaban J connectivity index is 1.03. The molecule has 14 nitrogen and oxygen atoms in total. The topological polar surface area (TPSA) is 217 Å². The van der Waals surface area contributed by atoms with Crippen LogP contribution in [0.1, 0.15) is 99.3 Å². The molecule has 8 rings (SSSR count). The lowest BCUT2D eigenvalue weighted by Crippen LogP contribution is -2.65. The van der Waals surface area contributed by atoms with Gasteiger partial charge in [-0.05, 0) is 118 Å². The maximum atomic E-state index is 11.7. The number of aliphatic hydroxyl groups is 8. The second-order valence-electron chi connectivity index (χ2n) is 20.5. The molecule has 0 radical (unpaired) electrons. The normalized spacial score (nSPS) is 58.3. The highest BCUT2D eigenvalue weighted by molar-refractivity contribution is 5.31. The van der Waals surface area contributed by atoms with Crippen LogP contribution in [0.15, 0.2) is 11.6 Å². The van der Waals surface area contributed by atoms with Crippen molar-refractivity contribution in [2.24, 2.45) is 50.7 Å². The summed E-state index contributed by atoms with van der Waals surface area (Å²) in [5.41, 5.74) is 0.650. The molecule has 14 heteroatoms. The largest absolute Gasteiger partial charge is 0.396 e. The Morgan fingerprint density at radius 3 is 2.05 bits per heavy atom. The van der Waals surface area contributed by atoms with E-state index in [0.29, 0.717) is 12.3 Å². The zero-order valence-electron chi connectivity index (χ0n) is 34.8. The van der Waals surface area contributed by atoms with E-state index in [1.807, 2.05) is 19.9 Å². The Labute approximate surface area is 336 Å². The van der Waals surface area contributed by atoms with E-state index in [9.17, 15) is 40.9 Å². The van der Waals surface area contributed by atoms with Gasteiger partial charge < -0.3 is 69.3 Å². The van der Waals surface area contributed by atoms with Crippen LogP contribution < -0.4 is 0 Å². The van der Waals surface area contributed by atoms with Crippen LogP contribution in [-0.4, -0.2) is 147 Å². The first-order chi connectivity index (χ1) is 26.9. The van der Waals surface area contributed by atoms with Gasteiger partial charge in [0.2, 0.25) is 0 Å². The summed E-state index contributed by atoms with van der Waals surface area (Å²) in [6.07, 6.45) is -5.22. The van der Waals surface area contributed by atoms with Crippen LogP contribution in [-0.2, 0) is 28.4 Å². The number of methoxy groups -OCH3 is 1. The van der Waals surface area contributed by atoms with Gasteiger partial charge in [0.25, 0.3) is 0 Å². The third-order valence-electron chi connectivity index (χ3n) is 18.0. The maximum Gasteiger partial charge on any atom is 0.187 e. The Hall–Kier alpha value is -0.820. The molecule has 0 aromatic carbocycles. The van der Waals surface area contributed by atoms with Crippen molar-refractivity contribution in [3.8, 4) is 0 Å². The highest BCUT2D eigenvalue weighted by atomic mass is 16.8. The lowest BCUT2D eigenvalue weighted by atomic mass is 9.41. The molecule has 8 N–H and O–H groups in total. The number of rotatable bonds is 9. The molecule has 0 aromatic rings. The summed E-state index contributed by atoms with van der Waals surface area (Å²) < 4.78 is 36.8. The molecular weight excluding hydrogens is 740 g/mol. The zero-order chi connectivity index (χ0) is 41.2. The van der Waals surface area contributed by atoms with Crippen LogP contribution in [0.25, 0.3) is 0 Å². The summed E-state index contributed by atoms with van der Waals surface area (Å²) in [7, 11) is 1.69. The van der Waals surface area contributed by atoms with E-state index < -0.39 is 91.9 Å². The van der Waals surface area contributed by atoms with Gasteiger partial charge in [0.1, 0.15) is 48.8 Å². The molecule has 0 aromatic heterocycles. The first-order valence-electron chi connectivity index (χ1n) is 21.6. The second-order valence-corrected chi connectivity index (χ2v) is 20.5. The van der Waals surface area contributed by atoms with Gasteiger partial charge in [-0.2, -0.15) is 0 Å². The number of ether oxygens (including phenoxy) is 6. The van der Waals surface area contributed by atoms with Crippen LogP contribution in [0, 0.1) is 50.7 Å².